The molecule has 1 aromatic heterocycles. The predicted octanol–water partition coefficient (Wildman–Crippen LogP) is 1.79. The van der Waals surface area contributed by atoms with E-state index in [1.54, 1.807) is 25.1 Å². The Morgan fingerprint density at radius 3 is 3.00 bits per heavy atom. The van der Waals surface area contributed by atoms with E-state index in [9.17, 15) is 9.18 Å². The molecule has 4 nitrogen and oxygen atoms in total. The summed E-state index contributed by atoms with van der Waals surface area (Å²) in [6.45, 7) is 2.12. The van der Waals surface area contributed by atoms with E-state index in [1.807, 2.05) is 0 Å². The lowest BCUT2D eigenvalue weighted by Crippen LogP contribution is -2.25. The predicted molar refractivity (Wildman–Crippen MR) is 70.5 cm³/mol. The summed E-state index contributed by atoms with van der Waals surface area (Å²) in [7, 11) is 0. The number of halogens is 1. The number of amides is 1. The fourth-order valence-corrected chi connectivity index (χ4v) is 1.91. The molecule has 0 saturated heterocycles. The molecule has 100 valence electrons. The summed E-state index contributed by atoms with van der Waals surface area (Å²) in [5, 5.41) is 11.9. The molecule has 1 aromatic carbocycles. The van der Waals surface area contributed by atoms with Gasteiger partial charge in [-0.1, -0.05) is 12.1 Å². The monoisotopic (exact) mass is 262 g/mol. The Morgan fingerprint density at radius 2 is 2.26 bits per heavy atom. The first-order valence-corrected chi connectivity index (χ1v) is 6.08. The van der Waals surface area contributed by atoms with Gasteiger partial charge in [0.15, 0.2) is 0 Å². The molecule has 0 spiro atoms. The first-order valence-electron chi connectivity index (χ1n) is 6.08. The highest BCUT2D eigenvalue weighted by Crippen LogP contribution is 2.20. The number of benzene rings is 1. The number of hydrogen-bond donors (Lipinski definition) is 2. The van der Waals surface area contributed by atoms with E-state index in [2.05, 4.69) is 10.3 Å². The Kier molecular flexibility index (Phi) is 4.06. The van der Waals surface area contributed by atoms with Crippen molar-refractivity contribution in [2.24, 2.45) is 0 Å². The van der Waals surface area contributed by atoms with Crippen molar-refractivity contribution in [3.63, 3.8) is 0 Å². The van der Waals surface area contributed by atoms with Gasteiger partial charge in [0, 0.05) is 24.2 Å². The maximum atomic E-state index is 13.7. The number of para-hydroxylation sites is 1. The van der Waals surface area contributed by atoms with Gasteiger partial charge < -0.3 is 10.4 Å². The van der Waals surface area contributed by atoms with Gasteiger partial charge in [0.2, 0.25) is 0 Å². The molecule has 0 aliphatic heterocycles. The average Bonchev–Trinajstić information content (AvgIpc) is 2.39. The van der Waals surface area contributed by atoms with Gasteiger partial charge in [0.1, 0.15) is 11.3 Å². The van der Waals surface area contributed by atoms with Gasteiger partial charge in [0.05, 0.1) is 5.56 Å². The van der Waals surface area contributed by atoms with Gasteiger partial charge in [-0.15, -0.1) is 0 Å². The van der Waals surface area contributed by atoms with Crippen LogP contribution in [-0.4, -0.2) is 29.1 Å². The zero-order valence-corrected chi connectivity index (χ0v) is 10.6. The second kappa shape index (κ2) is 5.75. The molecule has 19 heavy (non-hydrogen) atoms. The van der Waals surface area contributed by atoms with Gasteiger partial charge in [-0.2, -0.15) is 0 Å². The molecule has 0 atom stereocenters. The summed E-state index contributed by atoms with van der Waals surface area (Å²) in [5.41, 5.74) is 1.19. The molecule has 0 aliphatic rings. The quantitative estimate of drug-likeness (QED) is 0.826. The number of fused-ring (bicyclic) bond motifs is 1. The van der Waals surface area contributed by atoms with Crippen LogP contribution in [-0.2, 0) is 0 Å². The number of nitrogens with one attached hydrogen (secondary N) is 1. The van der Waals surface area contributed by atoms with E-state index in [1.165, 1.54) is 6.07 Å². The summed E-state index contributed by atoms with van der Waals surface area (Å²) in [6, 6.07) is 6.18. The van der Waals surface area contributed by atoms with E-state index in [4.69, 9.17) is 5.11 Å². The van der Waals surface area contributed by atoms with Crippen molar-refractivity contribution in [2.45, 2.75) is 13.3 Å². The van der Waals surface area contributed by atoms with Crippen LogP contribution in [0, 0.1) is 12.7 Å². The lowest BCUT2D eigenvalue weighted by atomic mass is 10.1. The van der Waals surface area contributed by atoms with Crippen LogP contribution in [0.25, 0.3) is 10.9 Å². The molecule has 0 bridgehead atoms. The molecule has 2 rings (SSSR count). The number of carbonyl (C=O) groups excluding carboxylic acids is 1. The molecule has 5 heteroatoms. The molecular weight excluding hydrogens is 247 g/mol. The van der Waals surface area contributed by atoms with Crippen LogP contribution >= 0.6 is 0 Å². The van der Waals surface area contributed by atoms with Crippen LogP contribution in [0.1, 0.15) is 22.5 Å². The summed E-state index contributed by atoms with van der Waals surface area (Å²) < 4.78 is 13.7. The van der Waals surface area contributed by atoms with E-state index in [0.29, 0.717) is 29.6 Å². The number of nitrogens with zero attached hydrogens (tertiary/aromatic N) is 1. The highest BCUT2D eigenvalue weighted by Gasteiger charge is 2.13. The van der Waals surface area contributed by atoms with Crippen LogP contribution in [0.15, 0.2) is 24.3 Å². The largest absolute Gasteiger partial charge is 0.396 e. The Morgan fingerprint density at radius 1 is 1.47 bits per heavy atom. The summed E-state index contributed by atoms with van der Waals surface area (Å²) in [6.07, 6.45) is 0.488. The minimum absolute atomic E-state index is 0.0189. The normalized spacial score (nSPS) is 10.7. The van der Waals surface area contributed by atoms with Gasteiger partial charge in [-0.3, -0.25) is 4.79 Å². The Labute approximate surface area is 110 Å². The molecule has 0 aliphatic carbocycles. The average molecular weight is 262 g/mol. The number of aromatic nitrogens is 1. The van der Waals surface area contributed by atoms with Crippen LogP contribution in [0.3, 0.4) is 0 Å². The highest BCUT2D eigenvalue weighted by molar-refractivity contribution is 6.06. The first-order chi connectivity index (χ1) is 9.13. The molecule has 2 N–H and O–H groups in total. The molecule has 0 radical (unpaired) electrons. The van der Waals surface area contributed by atoms with Crippen molar-refractivity contribution in [3.05, 3.63) is 41.3 Å². The number of pyridine rings is 1. The van der Waals surface area contributed by atoms with Crippen molar-refractivity contribution >= 4 is 16.8 Å². The van der Waals surface area contributed by atoms with Crippen molar-refractivity contribution in [1.29, 1.82) is 0 Å². The third kappa shape index (κ3) is 2.88. The second-order valence-electron chi connectivity index (χ2n) is 4.28. The molecule has 2 aromatic rings. The van der Waals surface area contributed by atoms with Gasteiger partial charge >= 0.3 is 0 Å². The van der Waals surface area contributed by atoms with Crippen LogP contribution in [0.2, 0.25) is 0 Å². The van der Waals surface area contributed by atoms with E-state index in [0.717, 1.165) is 0 Å². The SMILES string of the molecule is Cc1cc(C(=O)NCCCO)c2cccc(F)c2n1. The third-order valence-electron chi connectivity index (χ3n) is 2.78. The lowest BCUT2D eigenvalue weighted by molar-refractivity contribution is 0.0952. The zero-order chi connectivity index (χ0) is 13.8. The second-order valence-corrected chi connectivity index (χ2v) is 4.28. The van der Waals surface area contributed by atoms with Gasteiger partial charge in [-0.05, 0) is 25.5 Å². The fourth-order valence-electron chi connectivity index (χ4n) is 1.91. The van der Waals surface area contributed by atoms with Crippen molar-refractivity contribution in [3.8, 4) is 0 Å². The van der Waals surface area contributed by atoms with E-state index < -0.39 is 5.82 Å². The number of aliphatic hydroxyl groups excluding tert-OH is 1. The number of aryl methyl sites for hydroxylation is 1. The van der Waals surface area contributed by atoms with E-state index >= 15 is 0 Å². The molecule has 0 fully saturated rings. The fraction of sp³-hybridized carbons (Fsp3) is 0.286. The Balaban J connectivity index is 2.42. The zero-order valence-electron chi connectivity index (χ0n) is 10.6. The summed E-state index contributed by atoms with van der Waals surface area (Å²) in [4.78, 5) is 16.2. The van der Waals surface area contributed by atoms with Crippen LogP contribution < -0.4 is 5.32 Å². The minimum atomic E-state index is -0.439. The third-order valence-corrected chi connectivity index (χ3v) is 2.78. The highest BCUT2D eigenvalue weighted by atomic mass is 19.1. The van der Waals surface area contributed by atoms with Crippen molar-refractivity contribution in [2.75, 3.05) is 13.2 Å². The summed E-state index contributed by atoms with van der Waals surface area (Å²) in [5.74, 6) is -0.722. The van der Waals surface area contributed by atoms with Gasteiger partial charge in [-0.25, -0.2) is 9.37 Å². The molecule has 0 unspecified atom stereocenters. The number of aliphatic hydroxyl groups is 1. The van der Waals surface area contributed by atoms with Crippen LogP contribution in [0.5, 0.6) is 0 Å². The molecular formula is C14H15FN2O2. The number of rotatable bonds is 4. The van der Waals surface area contributed by atoms with E-state index in [-0.39, 0.29) is 18.0 Å². The minimum Gasteiger partial charge on any atom is -0.396 e. The maximum Gasteiger partial charge on any atom is 0.252 e. The molecule has 1 amide bonds. The molecule has 1 heterocycles. The smallest absolute Gasteiger partial charge is 0.252 e. The maximum absolute atomic E-state index is 13.7. The number of hydrogen-bond acceptors (Lipinski definition) is 3. The Bertz CT molecular complexity index is 614. The van der Waals surface area contributed by atoms with Gasteiger partial charge in [0.25, 0.3) is 5.91 Å². The van der Waals surface area contributed by atoms with Crippen LogP contribution in [0.4, 0.5) is 4.39 Å². The summed E-state index contributed by atoms with van der Waals surface area (Å²) >= 11 is 0. The Hall–Kier alpha value is -2.01. The van der Waals surface area contributed by atoms with Crippen molar-refractivity contribution in [1.82, 2.24) is 10.3 Å². The van der Waals surface area contributed by atoms with Crippen molar-refractivity contribution < 1.29 is 14.3 Å². The standard InChI is InChI=1S/C14H15FN2O2/c1-9-8-11(14(19)16-6-3-7-18)10-4-2-5-12(15)13(10)17-9/h2,4-5,8,18H,3,6-7H2,1H3,(H,16,19). The topological polar surface area (TPSA) is 62.2 Å². The molecule has 0 saturated carbocycles. The number of carbonyl (C=O) groups is 1. The first kappa shape index (κ1) is 13.4. The lowest BCUT2D eigenvalue weighted by Gasteiger charge is -2.09.